The summed E-state index contributed by atoms with van der Waals surface area (Å²) in [5.41, 5.74) is 1.17. The fourth-order valence-corrected chi connectivity index (χ4v) is 2.39. The molecule has 1 amide bonds. The molecule has 120 valence electrons. The molecule has 2 aromatic carbocycles. The number of halogens is 1. The molecule has 0 unspecified atom stereocenters. The van der Waals surface area contributed by atoms with Crippen molar-refractivity contribution in [1.82, 2.24) is 5.32 Å². The molecule has 23 heavy (non-hydrogen) atoms. The number of nitro benzene ring substituents is 1. The first-order valence-electron chi connectivity index (χ1n) is 7.26. The molecule has 0 spiro atoms. The van der Waals surface area contributed by atoms with E-state index in [9.17, 15) is 14.9 Å². The smallest absolute Gasteiger partial charge is 0.288 e. The SMILES string of the molecule is C[C@H](CCc1ccccc1)NC(=O)c1ccc(Cl)c([N+](=O)[O-])c1. The lowest BCUT2D eigenvalue weighted by atomic mass is 10.1. The van der Waals surface area contributed by atoms with Crippen LogP contribution in [0.25, 0.3) is 0 Å². The highest BCUT2D eigenvalue weighted by Gasteiger charge is 2.17. The second kappa shape index (κ2) is 7.74. The van der Waals surface area contributed by atoms with E-state index in [1.54, 1.807) is 0 Å². The van der Waals surface area contributed by atoms with Gasteiger partial charge in [-0.2, -0.15) is 0 Å². The molecule has 1 atom stereocenters. The predicted molar refractivity (Wildman–Crippen MR) is 89.8 cm³/mol. The summed E-state index contributed by atoms with van der Waals surface area (Å²) >= 11 is 5.75. The van der Waals surface area contributed by atoms with E-state index in [-0.39, 0.29) is 28.2 Å². The predicted octanol–water partition coefficient (Wildman–Crippen LogP) is 4.00. The standard InChI is InChI=1S/C17H17ClN2O3/c1-12(7-8-13-5-3-2-4-6-13)19-17(21)14-9-10-15(18)16(11-14)20(22)23/h2-6,9-12H,7-8H2,1H3,(H,19,21)/t12-/m1/s1. The molecule has 2 rings (SSSR count). The van der Waals surface area contributed by atoms with E-state index in [4.69, 9.17) is 11.6 Å². The number of hydrogen-bond acceptors (Lipinski definition) is 3. The lowest BCUT2D eigenvalue weighted by molar-refractivity contribution is -0.384. The Kier molecular flexibility index (Phi) is 5.71. The summed E-state index contributed by atoms with van der Waals surface area (Å²) in [4.78, 5) is 22.4. The lowest BCUT2D eigenvalue weighted by Crippen LogP contribution is -2.32. The van der Waals surface area contributed by atoms with Crippen molar-refractivity contribution in [3.8, 4) is 0 Å². The van der Waals surface area contributed by atoms with Crippen LogP contribution in [-0.2, 0) is 6.42 Å². The molecule has 5 nitrogen and oxygen atoms in total. The molecular weight excluding hydrogens is 316 g/mol. The Bertz CT molecular complexity index is 704. The molecule has 0 saturated carbocycles. The summed E-state index contributed by atoms with van der Waals surface area (Å²) in [6, 6.07) is 14.0. The molecule has 0 aliphatic heterocycles. The number of aryl methyl sites for hydroxylation is 1. The third-order valence-corrected chi connectivity index (χ3v) is 3.81. The average molecular weight is 333 g/mol. The van der Waals surface area contributed by atoms with E-state index in [0.29, 0.717) is 0 Å². The van der Waals surface area contributed by atoms with Gasteiger partial charge in [0.1, 0.15) is 5.02 Å². The van der Waals surface area contributed by atoms with Crippen LogP contribution in [0.5, 0.6) is 0 Å². The number of rotatable bonds is 6. The zero-order valence-corrected chi connectivity index (χ0v) is 13.4. The maximum atomic E-state index is 12.2. The van der Waals surface area contributed by atoms with Crippen molar-refractivity contribution in [3.05, 3.63) is 74.8 Å². The fraction of sp³-hybridized carbons (Fsp3) is 0.235. The molecule has 0 fully saturated rings. The highest BCUT2D eigenvalue weighted by atomic mass is 35.5. The summed E-state index contributed by atoms with van der Waals surface area (Å²) in [5, 5.41) is 13.7. The minimum Gasteiger partial charge on any atom is -0.350 e. The lowest BCUT2D eigenvalue weighted by Gasteiger charge is -2.14. The van der Waals surface area contributed by atoms with Gasteiger partial charge >= 0.3 is 0 Å². The molecule has 0 aliphatic carbocycles. The highest BCUT2D eigenvalue weighted by Crippen LogP contribution is 2.25. The van der Waals surface area contributed by atoms with Crippen LogP contribution < -0.4 is 5.32 Å². The number of benzene rings is 2. The number of nitrogens with one attached hydrogen (secondary N) is 1. The largest absolute Gasteiger partial charge is 0.350 e. The second-order valence-electron chi connectivity index (χ2n) is 5.32. The van der Waals surface area contributed by atoms with Gasteiger partial charge in [-0.05, 0) is 37.5 Å². The number of amides is 1. The van der Waals surface area contributed by atoms with Crippen LogP contribution in [0.3, 0.4) is 0 Å². The average Bonchev–Trinajstić information content (AvgIpc) is 2.54. The van der Waals surface area contributed by atoms with E-state index < -0.39 is 4.92 Å². The summed E-state index contributed by atoms with van der Waals surface area (Å²) in [5.74, 6) is -0.342. The molecule has 0 aromatic heterocycles. The molecule has 0 radical (unpaired) electrons. The van der Waals surface area contributed by atoms with Crippen molar-refractivity contribution < 1.29 is 9.72 Å². The van der Waals surface area contributed by atoms with Gasteiger partial charge in [0, 0.05) is 17.7 Å². The Morgan fingerprint density at radius 2 is 1.96 bits per heavy atom. The Morgan fingerprint density at radius 3 is 2.61 bits per heavy atom. The van der Waals surface area contributed by atoms with Crippen molar-refractivity contribution >= 4 is 23.2 Å². The summed E-state index contributed by atoms with van der Waals surface area (Å²) in [6.45, 7) is 1.91. The van der Waals surface area contributed by atoms with E-state index in [0.717, 1.165) is 12.8 Å². The van der Waals surface area contributed by atoms with Crippen LogP contribution in [0.2, 0.25) is 5.02 Å². The third kappa shape index (κ3) is 4.79. The van der Waals surface area contributed by atoms with E-state index in [1.165, 1.54) is 23.8 Å². The first-order valence-corrected chi connectivity index (χ1v) is 7.64. The molecule has 1 N–H and O–H groups in total. The Balaban J connectivity index is 1.96. The quantitative estimate of drug-likeness (QED) is 0.642. The van der Waals surface area contributed by atoms with Gasteiger partial charge in [-0.3, -0.25) is 14.9 Å². The first kappa shape index (κ1) is 17.0. The van der Waals surface area contributed by atoms with Crippen molar-refractivity contribution in [2.24, 2.45) is 0 Å². The Labute approximate surface area is 139 Å². The minimum atomic E-state index is -0.599. The molecule has 0 heterocycles. The summed E-state index contributed by atoms with van der Waals surface area (Å²) in [7, 11) is 0. The van der Waals surface area contributed by atoms with E-state index in [1.807, 2.05) is 37.3 Å². The van der Waals surface area contributed by atoms with Gasteiger partial charge in [-0.15, -0.1) is 0 Å². The third-order valence-electron chi connectivity index (χ3n) is 3.49. The monoisotopic (exact) mass is 332 g/mol. The Hall–Kier alpha value is -2.40. The van der Waals surface area contributed by atoms with Gasteiger partial charge < -0.3 is 5.32 Å². The van der Waals surface area contributed by atoms with Gasteiger partial charge in [0.05, 0.1) is 4.92 Å². The minimum absolute atomic E-state index is 0.0173. The summed E-state index contributed by atoms with van der Waals surface area (Å²) < 4.78 is 0. The molecule has 0 bridgehead atoms. The normalized spacial score (nSPS) is 11.7. The zero-order valence-electron chi connectivity index (χ0n) is 12.7. The van der Waals surface area contributed by atoms with Gasteiger partial charge in [0.25, 0.3) is 11.6 Å². The molecule has 6 heteroatoms. The number of carbonyl (C=O) groups excluding carboxylic acids is 1. The second-order valence-corrected chi connectivity index (χ2v) is 5.73. The van der Waals surface area contributed by atoms with Crippen LogP contribution >= 0.6 is 11.6 Å². The number of hydrogen-bond donors (Lipinski definition) is 1. The van der Waals surface area contributed by atoms with Crippen molar-refractivity contribution in [2.75, 3.05) is 0 Å². The Morgan fingerprint density at radius 1 is 1.26 bits per heavy atom. The van der Waals surface area contributed by atoms with E-state index in [2.05, 4.69) is 5.32 Å². The topological polar surface area (TPSA) is 72.2 Å². The van der Waals surface area contributed by atoms with E-state index >= 15 is 0 Å². The number of nitrogens with zero attached hydrogens (tertiary/aromatic N) is 1. The zero-order chi connectivity index (χ0) is 16.8. The van der Waals surface area contributed by atoms with Gasteiger partial charge in [-0.25, -0.2) is 0 Å². The van der Waals surface area contributed by atoms with Gasteiger partial charge in [0.15, 0.2) is 0 Å². The molecule has 2 aromatic rings. The van der Waals surface area contributed by atoms with Gasteiger partial charge in [0.2, 0.25) is 0 Å². The van der Waals surface area contributed by atoms with Crippen molar-refractivity contribution in [3.63, 3.8) is 0 Å². The highest BCUT2D eigenvalue weighted by molar-refractivity contribution is 6.32. The number of nitro groups is 1. The molecule has 0 saturated heterocycles. The van der Waals surface area contributed by atoms with Crippen LogP contribution in [0.15, 0.2) is 48.5 Å². The van der Waals surface area contributed by atoms with Crippen molar-refractivity contribution in [2.45, 2.75) is 25.8 Å². The fourth-order valence-electron chi connectivity index (χ4n) is 2.20. The van der Waals surface area contributed by atoms with Crippen LogP contribution in [0.1, 0.15) is 29.3 Å². The number of carbonyl (C=O) groups is 1. The van der Waals surface area contributed by atoms with Crippen LogP contribution in [0.4, 0.5) is 5.69 Å². The first-order chi connectivity index (χ1) is 11.0. The van der Waals surface area contributed by atoms with Crippen LogP contribution in [-0.4, -0.2) is 16.9 Å². The van der Waals surface area contributed by atoms with Crippen molar-refractivity contribution in [1.29, 1.82) is 0 Å². The van der Waals surface area contributed by atoms with Gasteiger partial charge in [-0.1, -0.05) is 41.9 Å². The maximum Gasteiger partial charge on any atom is 0.288 e. The molecular formula is C17H17ClN2O3. The summed E-state index contributed by atoms with van der Waals surface area (Å²) in [6.07, 6.45) is 1.63. The molecule has 0 aliphatic rings. The van der Waals surface area contributed by atoms with Crippen LogP contribution in [0, 0.1) is 10.1 Å². The maximum absolute atomic E-state index is 12.2.